The van der Waals surface area contributed by atoms with Crippen molar-refractivity contribution in [3.05, 3.63) is 11.1 Å². The average molecular weight is 182 g/mol. The molecule has 0 saturated heterocycles. The number of rotatable bonds is 7. The molecule has 0 radical (unpaired) electrons. The Morgan fingerprint density at radius 2 is 1.62 bits per heavy atom. The SMILES string of the molecule is CCCCCC1=C(CCCO)CC1. The lowest BCUT2D eigenvalue weighted by Crippen LogP contribution is -2.05. The van der Waals surface area contributed by atoms with Crippen LogP contribution in [0.3, 0.4) is 0 Å². The maximum atomic E-state index is 8.71. The van der Waals surface area contributed by atoms with Crippen molar-refractivity contribution in [3.8, 4) is 0 Å². The molecule has 76 valence electrons. The van der Waals surface area contributed by atoms with E-state index in [2.05, 4.69) is 6.92 Å². The Labute approximate surface area is 81.9 Å². The lowest BCUT2D eigenvalue weighted by atomic mass is 9.83. The van der Waals surface area contributed by atoms with Crippen LogP contribution < -0.4 is 0 Å². The van der Waals surface area contributed by atoms with Crippen molar-refractivity contribution in [1.29, 1.82) is 0 Å². The van der Waals surface area contributed by atoms with Gasteiger partial charge in [0.15, 0.2) is 0 Å². The van der Waals surface area contributed by atoms with Gasteiger partial charge in [0.1, 0.15) is 0 Å². The lowest BCUT2D eigenvalue weighted by Gasteiger charge is -2.24. The topological polar surface area (TPSA) is 20.2 Å². The second-order valence-corrected chi connectivity index (χ2v) is 3.99. The summed E-state index contributed by atoms with van der Waals surface area (Å²) in [5.41, 5.74) is 3.37. The van der Waals surface area contributed by atoms with E-state index in [-0.39, 0.29) is 0 Å². The van der Waals surface area contributed by atoms with Crippen molar-refractivity contribution in [2.75, 3.05) is 6.61 Å². The molecule has 1 nitrogen and oxygen atoms in total. The molecule has 0 fully saturated rings. The summed E-state index contributed by atoms with van der Waals surface area (Å²) in [4.78, 5) is 0. The Hall–Kier alpha value is -0.300. The van der Waals surface area contributed by atoms with Crippen LogP contribution in [0.5, 0.6) is 0 Å². The van der Waals surface area contributed by atoms with Crippen molar-refractivity contribution < 1.29 is 5.11 Å². The Bertz CT molecular complexity index is 170. The van der Waals surface area contributed by atoms with Gasteiger partial charge in [0, 0.05) is 6.61 Å². The molecular formula is C12H22O. The summed E-state index contributed by atoms with van der Waals surface area (Å²) in [6, 6.07) is 0. The molecule has 1 N–H and O–H groups in total. The van der Waals surface area contributed by atoms with Gasteiger partial charge in [-0.3, -0.25) is 0 Å². The molecule has 0 heterocycles. The number of aliphatic hydroxyl groups is 1. The highest BCUT2D eigenvalue weighted by molar-refractivity contribution is 5.24. The highest BCUT2D eigenvalue weighted by Crippen LogP contribution is 2.34. The number of unbranched alkanes of at least 4 members (excludes halogenated alkanes) is 2. The summed E-state index contributed by atoms with van der Waals surface area (Å²) in [6.45, 7) is 2.60. The van der Waals surface area contributed by atoms with Crippen LogP contribution in [0.1, 0.15) is 58.3 Å². The first-order valence-electron chi connectivity index (χ1n) is 5.69. The normalized spacial score (nSPS) is 16.2. The fourth-order valence-corrected chi connectivity index (χ4v) is 1.96. The van der Waals surface area contributed by atoms with Crippen LogP contribution in [0, 0.1) is 0 Å². The minimum Gasteiger partial charge on any atom is -0.396 e. The molecule has 1 rings (SSSR count). The molecule has 0 spiro atoms. The van der Waals surface area contributed by atoms with E-state index in [0.29, 0.717) is 6.61 Å². The number of hydrogen-bond acceptors (Lipinski definition) is 1. The van der Waals surface area contributed by atoms with Crippen LogP contribution in [0.25, 0.3) is 0 Å². The minimum atomic E-state index is 0.353. The fourth-order valence-electron chi connectivity index (χ4n) is 1.96. The van der Waals surface area contributed by atoms with Crippen LogP contribution in [0.4, 0.5) is 0 Å². The van der Waals surface area contributed by atoms with E-state index in [9.17, 15) is 0 Å². The molecule has 13 heavy (non-hydrogen) atoms. The largest absolute Gasteiger partial charge is 0.396 e. The van der Waals surface area contributed by atoms with Crippen LogP contribution in [-0.4, -0.2) is 11.7 Å². The molecule has 1 heteroatoms. The van der Waals surface area contributed by atoms with E-state index in [1.165, 1.54) is 38.5 Å². The number of aliphatic hydroxyl groups excluding tert-OH is 1. The first-order valence-corrected chi connectivity index (χ1v) is 5.69. The van der Waals surface area contributed by atoms with Crippen molar-refractivity contribution in [2.24, 2.45) is 0 Å². The summed E-state index contributed by atoms with van der Waals surface area (Å²) in [5, 5.41) is 8.71. The molecule has 0 unspecified atom stereocenters. The maximum Gasteiger partial charge on any atom is 0.0434 e. The van der Waals surface area contributed by atoms with E-state index < -0.39 is 0 Å². The van der Waals surface area contributed by atoms with Crippen molar-refractivity contribution in [2.45, 2.75) is 58.3 Å². The molecule has 0 amide bonds. The number of allylic oxidation sites excluding steroid dienone is 2. The van der Waals surface area contributed by atoms with Crippen LogP contribution in [0.15, 0.2) is 11.1 Å². The van der Waals surface area contributed by atoms with E-state index >= 15 is 0 Å². The van der Waals surface area contributed by atoms with Gasteiger partial charge in [-0.15, -0.1) is 0 Å². The fraction of sp³-hybridized carbons (Fsp3) is 0.833. The van der Waals surface area contributed by atoms with E-state index in [1.807, 2.05) is 0 Å². The van der Waals surface area contributed by atoms with Gasteiger partial charge >= 0.3 is 0 Å². The van der Waals surface area contributed by atoms with Crippen molar-refractivity contribution >= 4 is 0 Å². The van der Waals surface area contributed by atoms with Crippen molar-refractivity contribution in [3.63, 3.8) is 0 Å². The van der Waals surface area contributed by atoms with Gasteiger partial charge in [-0.1, -0.05) is 30.9 Å². The Kier molecular flexibility index (Phi) is 5.14. The van der Waals surface area contributed by atoms with Gasteiger partial charge in [0.05, 0.1) is 0 Å². The second-order valence-electron chi connectivity index (χ2n) is 3.99. The molecule has 0 aromatic carbocycles. The van der Waals surface area contributed by atoms with E-state index in [1.54, 1.807) is 11.1 Å². The molecule has 1 aliphatic rings. The predicted molar refractivity (Wildman–Crippen MR) is 56.7 cm³/mol. The van der Waals surface area contributed by atoms with Crippen LogP contribution in [0.2, 0.25) is 0 Å². The first kappa shape index (κ1) is 10.8. The zero-order valence-corrected chi connectivity index (χ0v) is 8.81. The van der Waals surface area contributed by atoms with Gasteiger partial charge in [0.25, 0.3) is 0 Å². The van der Waals surface area contributed by atoms with Crippen LogP contribution >= 0.6 is 0 Å². The smallest absolute Gasteiger partial charge is 0.0434 e. The van der Waals surface area contributed by atoms with Gasteiger partial charge in [0.2, 0.25) is 0 Å². The molecule has 0 aliphatic heterocycles. The Morgan fingerprint density at radius 3 is 2.08 bits per heavy atom. The highest BCUT2D eigenvalue weighted by Gasteiger charge is 2.15. The lowest BCUT2D eigenvalue weighted by molar-refractivity contribution is 0.287. The molecule has 1 aliphatic carbocycles. The molecule has 0 saturated carbocycles. The summed E-state index contributed by atoms with van der Waals surface area (Å²) >= 11 is 0. The third-order valence-electron chi connectivity index (χ3n) is 2.95. The standard InChI is InChI=1S/C12H22O/c1-2-3-4-6-11-8-9-12(11)7-5-10-13/h13H,2-10H2,1H3. The summed E-state index contributed by atoms with van der Waals surface area (Å²) in [6.07, 6.45) is 10.1. The van der Waals surface area contributed by atoms with Gasteiger partial charge in [-0.2, -0.15) is 0 Å². The second kappa shape index (κ2) is 6.20. The zero-order valence-electron chi connectivity index (χ0n) is 8.81. The maximum absolute atomic E-state index is 8.71. The summed E-state index contributed by atoms with van der Waals surface area (Å²) in [7, 11) is 0. The van der Waals surface area contributed by atoms with E-state index in [0.717, 1.165) is 12.8 Å². The first-order chi connectivity index (χ1) is 6.38. The third kappa shape index (κ3) is 3.51. The molecular weight excluding hydrogens is 160 g/mol. The summed E-state index contributed by atoms with van der Waals surface area (Å²) in [5.74, 6) is 0. The minimum absolute atomic E-state index is 0.353. The Balaban J connectivity index is 2.16. The zero-order chi connectivity index (χ0) is 9.52. The summed E-state index contributed by atoms with van der Waals surface area (Å²) < 4.78 is 0. The Morgan fingerprint density at radius 1 is 1.00 bits per heavy atom. The molecule has 0 bridgehead atoms. The predicted octanol–water partition coefficient (Wildman–Crippen LogP) is 3.43. The van der Waals surface area contributed by atoms with Gasteiger partial charge < -0.3 is 5.11 Å². The third-order valence-corrected chi connectivity index (χ3v) is 2.95. The molecule has 0 aromatic rings. The molecule has 0 atom stereocenters. The number of hydrogen-bond donors (Lipinski definition) is 1. The monoisotopic (exact) mass is 182 g/mol. The van der Waals surface area contributed by atoms with Gasteiger partial charge in [-0.05, 0) is 38.5 Å². The molecule has 0 aromatic heterocycles. The van der Waals surface area contributed by atoms with Crippen LogP contribution in [-0.2, 0) is 0 Å². The highest BCUT2D eigenvalue weighted by atomic mass is 16.2. The van der Waals surface area contributed by atoms with E-state index in [4.69, 9.17) is 5.11 Å². The van der Waals surface area contributed by atoms with Crippen molar-refractivity contribution in [1.82, 2.24) is 0 Å². The van der Waals surface area contributed by atoms with Gasteiger partial charge in [-0.25, -0.2) is 0 Å². The quantitative estimate of drug-likeness (QED) is 0.472. The average Bonchev–Trinajstić information content (AvgIpc) is 2.11.